The number of alkyl halides is 9. The van der Waals surface area contributed by atoms with E-state index in [2.05, 4.69) is 9.47 Å². The minimum Gasteiger partial charge on any atom is -0.396 e. The Hall–Kier alpha value is -1.47. The van der Waals surface area contributed by atoms with E-state index in [1.807, 2.05) is 4.74 Å². The van der Waals surface area contributed by atoms with Gasteiger partial charge in [-0.1, -0.05) is 0 Å². The minimum atomic E-state index is -6.07. The molecule has 23 heavy (non-hydrogen) atoms. The summed E-state index contributed by atoms with van der Waals surface area (Å²) < 4.78 is 142. The molecule has 1 atom stereocenters. The second-order valence-electron chi connectivity index (χ2n) is 3.65. The van der Waals surface area contributed by atoms with Gasteiger partial charge in [-0.15, -0.1) is 22.0 Å². The van der Waals surface area contributed by atoms with E-state index in [1.54, 1.807) is 0 Å². The van der Waals surface area contributed by atoms with Crippen LogP contribution >= 0.6 is 0 Å². The summed E-state index contributed by atoms with van der Waals surface area (Å²) in [6.07, 6.45) is -21.7. The molecule has 3 nitrogen and oxygen atoms in total. The van der Waals surface area contributed by atoms with Crippen LogP contribution in [0.5, 0.6) is 0 Å². The van der Waals surface area contributed by atoms with Crippen molar-refractivity contribution in [2.45, 2.75) is 25.2 Å². The molecule has 0 saturated carbocycles. The van der Waals surface area contributed by atoms with Crippen LogP contribution in [0.3, 0.4) is 0 Å². The average molecular weight is 372 g/mol. The third kappa shape index (κ3) is 8.08. The zero-order valence-corrected chi connectivity index (χ0v) is 10.6. The Morgan fingerprint density at radius 3 is 1.74 bits per heavy atom. The topological polar surface area (TPSA) is 27.7 Å². The van der Waals surface area contributed by atoms with Gasteiger partial charge in [0.1, 0.15) is 6.67 Å². The molecule has 0 N–H and O–H groups in total. The van der Waals surface area contributed by atoms with E-state index in [1.165, 1.54) is 0 Å². The third-order valence-corrected chi connectivity index (χ3v) is 1.95. The molecule has 0 spiro atoms. The fraction of sp³-hybridized carbons (Fsp3) is 0.778. The van der Waals surface area contributed by atoms with Gasteiger partial charge < -0.3 is 9.47 Å². The molecule has 0 bridgehead atoms. The largest absolute Gasteiger partial charge is 0.544 e. The smallest absolute Gasteiger partial charge is 0.396 e. The maximum atomic E-state index is 13.2. The molecule has 0 radical (unpaired) electrons. The van der Waals surface area contributed by atoms with Crippen molar-refractivity contribution in [1.29, 1.82) is 0 Å². The highest BCUT2D eigenvalue weighted by molar-refractivity contribution is 4.86. The van der Waals surface area contributed by atoms with E-state index < -0.39 is 56.5 Å². The van der Waals surface area contributed by atoms with Crippen LogP contribution < -0.4 is 0 Å². The number of ether oxygens (including phenoxy) is 3. The Balaban J connectivity index is 5.20. The van der Waals surface area contributed by atoms with Gasteiger partial charge in [-0.25, -0.2) is 0 Å². The molecule has 0 saturated heterocycles. The lowest BCUT2D eigenvalue weighted by molar-refractivity contribution is -0.498. The van der Waals surface area contributed by atoms with E-state index in [4.69, 9.17) is 0 Å². The molecule has 1 unspecified atom stereocenters. The van der Waals surface area contributed by atoms with Crippen molar-refractivity contribution in [3.05, 3.63) is 12.0 Å². The number of rotatable bonds is 9. The SMILES string of the molecule is FCCC(CF)C(F)(F)OC(OC(F)(F)OC(F)(F)F)=C(F)F. The zero-order valence-electron chi connectivity index (χ0n) is 10.6. The van der Waals surface area contributed by atoms with E-state index in [-0.39, 0.29) is 0 Å². The van der Waals surface area contributed by atoms with Crippen molar-refractivity contribution < 1.29 is 62.5 Å². The van der Waals surface area contributed by atoms with Crippen LogP contribution in [0.4, 0.5) is 48.3 Å². The highest BCUT2D eigenvalue weighted by atomic mass is 19.4. The van der Waals surface area contributed by atoms with Crippen LogP contribution in [-0.2, 0) is 14.2 Å². The van der Waals surface area contributed by atoms with Gasteiger partial charge in [-0.05, 0) is 6.42 Å². The molecule has 0 aromatic heterocycles. The Morgan fingerprint density at radius 2 is 1.39 bits per heavy atom. The lowest BCUT2D eigenvalue weighted by Crippen LogP contribution is -2.37. The molecular formula is C9H7F11O3. The van der Waals surface area contributed by atoms with E-state index >= 15 is 0 Å². The van der Waals surface area contributed by atoms with Crippen LogP contribution in [0.1, 0.15) is 6.42 Å². The minimum absolute atomic E-state index is 1.25. The van der Waals surface area contributed by atoms with Crippen LogP contribution in [0, 0.1) is 5.92 Å². The molecule has 14 heteroatoms. The van der Waals surface area contributed by atoms with Crippen molar-refractivity contribution in [3.8, 4) is 0 Å². The van der Waals surface area contributed by atoms with Gasteiger partial charge in [0.25, 0.3) is 0 Å². The maximum absolute atomic E-state index is 13.2. The van der Waals surface area contributed by atoms with E-state index in [0.29, 0.717) is 0 Å². The highest BCUT2D eigenvalue weighted by Gasteiger charge is 2.51. The van der Waals surface area contributed by atoms with Crippen molar-refractivity contribution in [2.75, 3.05) is 13.3 Å². The molecule has 0 amide bonds. The summed E-state index contributed by atoms with van der Waals surface area (Å²) in [5.74, 6) is -5.72. The maximum Gasteiger partial charge on any atom is 0.544 e. The molecule has 0 aliphatic heterocycles. The lowest BCUT2D eigenvalue weighted by atomic mass is 10.1. The van der Waals surface area contributed by atoms with Crippen LogP contribution in [0.2, 0.25) is 0 Å². The van der Waals surface area contributed by atoms with E-state index in [0.717, 1.165) is 0 Å². The van der Waals surface area contributed by atoms with Crippen LogP contribution in [-0.4, -0.2) is 32.1 Å². The van der Waals surface area contributed by atoms with E-state index in [9.17, 15) is 48.3 Å². The standard InChI is InChI=1S/C9H7F11O3/c10-2-1-4(3-11)7(14,15)21-6(5(12)13)22-9(19,20)23-8(16,17)18/h4H,1-3H2. The monoisotopic (exact) mass is 372 g/mol. The summed E-state index contributed by atoms with van der Waals surface area (Å²) >= 11 is 0. The molecule has 0 heterocycles. The summed E-state index contributed by atoms with van der Waals surface area (Å²) in [5.41, 5.74) is 0. The Bertz CT molecular complexity index is 402. The van der Waals surface area contributed by atoms with Crippen molar-refractivity contribution in [3.63, 3.8) is 0 Å². The normalized spacial score (nSPS) is 14.4. The Kier molecular flexibility index (Phi) is 7.37. The second-order valence-corrected chi connectivity index (χ2v) is 3.65. The molecular weight excluding hydrogens is 365 g/mol. The lowest BCUT2D eigenvalue weighted by Gasteiger charge is -2.26. The van der Waals surface area contributed by atoms with Gasteiger partial charge >= 0.3 is 30.8 Å². The number of hydrogen-bond acceptors (Lipinski definition) is 3. The summed E-state index contributed by atoms with van der Waals surface area (Å²) in [7, 11) is 0. The van der Waals surface area contributed by atoms with Crippen molar-refractivity contribution >= 4 is 0 Å². The van der Waals surface area contributed by atoms with Gasteiger partial charge in [-0.2, -0.15) is 22.3 Å². The summed E-state index contributed by atoms with van der Waals surface area (Å²) in [4.78, 5) is 0. The van der Waals surface area contributed by atoms with Crippen molar-refractivity contribution in [2.24, 2.45) is 5.92 Å². The quantitative estimate of drug-likeness (QED) is 0.333. The summed E-state index contributed by atoms with van der Waals surface area (Å²) in [6.45, 7) is -3.55. The van der Waals surface area contributed by atoms with Gasteiger partial charge in [0.2, 0.25) is 0 Å². The molecule has 0 aliphatic carbocycles. The zero-order chi connectivity index (χ0) is 18.5. The first-order valence-corrected chi connectivity index (χ1v) is 5.32. The Morgan fingerprint density at radius 1 is 0.870 bits per heavy atom. The molecule has 0 aromatic rings. The first kappa shape index (κ1) is 21.5. The predicted molar refractivity (Wildman–Crippen MR) is 48.5 cm³/mol. The van der Waals surface area contributed by atoms with Crippen LogP contribution in [0.15, 0.2) is 12.0 Å². The van der Waals surface area contributed by atoms with Gasteiger partial charge in [0.05, 0.1) is 12.6 Å². The van der Waals surface area contributed by atoms with Crippen molar-refractivity contribution in [1.82, 2.24) is 0 Å². The summed E-state index contributed by atoms with van der Waals surface area (Å²) in [6, 6.07) is 0. The molecule has 0 rings (SSSR count). The first-order valence-electron chi connectivity index (χ1n) is 5.32. The van der Waals surface area contributed by atoms with Gasteiger partial charge in [0.15, 0.2) is 0 Å². The molecule has 138 valence electrons. The Labute approximate surface area is 120 Å². The molecule has 0 aromatic carbocycles. The summed E-state index contributed by atoms with van der Waals surface area (Å²) in [5, 5.41) is 0. The molecule has 0 fully saturated rings. The number of halogens is 11. The fourth-order valence-electron chi connectivity index (χ4n) is 1.04. The second kappa shape index (κ2) is 7.88. The van der Waals surface area contributed by atoms with Gasteiger partial charge in [0, 0.05) is 0 Å². The third-order valence-electron chi connectivity index (χ3n) is 1.95. The molecule has 0 aliphatic rings. The van der Waals surface area contributed by atoms with Gasteiger partial charge in [-0.3, -0.25) is 8.78 Å². The fourth-order valence-corrected chi connectivity index (χ4v) is 1.04. The first-order chi connectivity index (χ1) is 10.2. The van der Waals surface area contributed by atoms with Crippen LogP contribution in [0.25, 0.3) is 0 Å². The average Bonchev–Trinajstić information content (AvgIpc) is 2.30. The predicted octanol–water partition coefficient (Wildman–Crippen LogP) is 4.71. The number of hydrogen-bond donors (Lipinski definition) is 0. The highest BCUT2D eigenvalue weighted by Crippen LogP contribution is 2.37.